The van der Waals surface area contributed by atoms with Gasteiger partial charge in [-0.3, -0.25) is 0 Å². The molecule has 1 aromatic heterocycles. The second-order valence-corrected chi connectivity index (χ2v) is 10.3. The van der Waals surface area contributed by atoms with E-state index >= 15 is 0 Å². The van der Waals surface area contributed by atoms with E-state index in [1.54, 1.807) is 0 Å². The summed E-state index contributed by atoms with van der Waals surface area (Å²) in [6.45, 7) is 4.45. The lowest BCUT2D eigenvalue weighted by atomic mass is 9.80. The third kappa shape index (κ3) is 2.66. The highest BCUT2D eigenvalue weighted by molar-refractivity contribution is 6.17. The summed E-state index contributed by atoms with van der Waals surface area (Å²) in [7, 11) is 2.18. The van der Waals surface area contributed by atoms with Crippen LogP contribution >= 0.6 is 0 Å². The molecule has 1 fully saturated rings. The van der Waals surface area contributed by atoms with Crippen LogP contribution in [-0.4, -0.2) is 0 Å². The summed E-state index contributed by atoms with van der Waals surface area (Å²) in [5, 5.41) is 7.90. The minimum absolute atomic E-state index is 0.660. The van der Waals surface area contributed by atoms with E-state index in [0.717, 1.165) is 11.5 Å². The Kier molecular flexibility index (Phi) is 4.30. The third-order valence-electron chi connectivity index (χ3n) is 8.43. The molecule has 0 spiro atoms. The van der Waals surface area contributed by atoms with Gasteiger partial charge in [0.15, 0.2) is 6.20 Å². The number of pyridine rings is 1. The molecule has 34 heavy (non-hydrogen) atoms. The number of aryl methyl sites for hydroxylation is 3. The summed E-state index contributed by atoms with van der Waals surface area (Å²) in [5.74, 6) is 2.65. The molecule has 2 aliphatic rings. The molecule has 1 aliphatic heterocycles. The molecule has 2 heteroatoms. The Balaban J connectivity index is 1.62. The van der Waals surface area contributed by atoms with Crippen LogP contribution in [0.5, 0.6) is 11.5 Å². The van der Waals surface area contributed by atoms with E-state index in [1.165, 1.54) is 92.4 Å². The summed E-state index contributed by atoms with van der Waals surface area (Å²) >= 11 is 0. The predicted octanol–water partition coefficient (Wildman–Crippen LogP) is 8.41. The van der Waals surface area contributed by atoms with E-state index in [9.17, 15) is 0 Å². The molecule has 0 atom stereocenters. The van der Waals surface area contributed by atoms with Crippen molar-refractivity contribution in [2.45, 2.75) is 51.9 Å². The van der Waals surface area contributed by atoms with E-state index in [1.807, 2.05) is 0 Å². The van der Waals surface area contributed by atoms with E-state index in [4.69, 9.17) is 4.74 Å². The van der Waals surface area contributed by atoms with E-state index in [0.29, 0.717) is 5.92 Å². The highest BCUT2D eigenvalue weighted by Crippen LogP contribution is 2.52. The fourth-order valence-corrected chi connectivity index (χ4v) is 6.75. The SMILES string of the molecule is Cc1c2c(c(C)c3ccccc13)-c1c3c(cc4cccc(C5CCCCC5)c4c3cc[n+]1C)O2. The molecule has 0 unspecified atom stereocenters. The van der Waals surface area contributed by atoms with Gasteiger partial charge >= 0.3 is 0 Å². The van der Waals surface area contributed by atoms with Gasteiger partial charge in [-0.2, -0.15) is 0 Å². The number of hydrogen-bond donors (Lipinski definition) is 0. The minimum Gasteiger partial charge on any atom is -0.455 e. The van der Waals surface area contributed by atoms with Crippen molar-refractivity contribution in [3.05, 3.63) is 77.5 Å². The molecule has 1 aliphatic carbocycles. The Hall–Kier alpha value is -3.39. The second kappa shape index (κ2) is 7.30. The van der Waals surface area contributed by atoms with Crippen LogP contribution in [0.3, 0.4) is 0 Å². The Bertz CT molecular complexity index is 1640. The number of rotatable bonds is 1. The van der Waals surface area contributed by atoms with Gasteiger partial charge in [0, 0.05) is 17.0 Å². The zero-order chi connectivity index (χ0) is 23.0. The smallest absolute Gasteiger partial charge is 0.228 e. The monoisotopic (exact) mass is 444 g/mol. The van der Waals surface area contributed by atoms with Crippen molar-refractivity contribution in [1.29, 1.82) is 0 Å². The molecule has 5 aromatic rings. The molecule has 0 N–H and O–H groups in total. The summed E-state index contributed by atoms with van der Waals surface area (Å²) < 4.78 is 9.10. The maximum Gasteiger partial charge on any atom is 0.228 e. The largest absolute Gasteiger partial charge is 0.455 e. The van der Waals surface area contributed by atoms with Crippen molar-refractivity contribution < 1.29 is 9.30 Å². The molecule has 168 valence electrons. The Morgan fingerprint density at radius 1 is 0.794 bits per heavy atom. The summed E-state index contributed by atoms with van der Waals surface area (Å²) in [4.78, 5) is 0. The van der Waals surface area contributed by atoms with Crippen LogP contribution in [-0.2, 0) is 7.05 Å². The standard InChI is InChI=1S/C32H30NO/c1-19-23-13-7-8-14-24(23)20(2)32-28(19)31-30-26(16-17-33(31)3)29-22(18-27(30)34-32)12-9-15-25(29)21-10-5-4-6-11-21/h7-9,12-18,21H,4-6,10-11H2,1-3H3/q+1. The molecule has 1 saturated carbocycles. The van der Waals surface area contributed by atoms with Crippen LogP contribution < -0.4 is 9.30 Å². The first kappa shape index (κ1) is 20.0. The van der Waals surface area contributed by atoms with Crippen molar-refractivity contribution >= 4 is 32.3 Å². The molecular formula is C32H30NO+. The molecule has 0 saturated heterocycles. The van der Waals surface area contributed by atoms with Crippen LogP contribution in [0.25, 0.3) is 43.6 Å². The number of benzene rings is 4. The van der Waals surface area contributed by atoms with E-state index < -0.39 is 0 Å². The lowest BCUT2D eigenvalue weighted by Gasteiger charge is -2.27. The first-order valence-electron chi connectivity index (χ1n) is 12.7. The van der Waals surface area contributed by atoms with Gasteiger partial charge in [-0.1, -0.05) is 61.7 Å². The zero-order valence-electron chi connectivity index (χ0n) is 20.2. The predicted molar refractivity (Wildman–Crippen MR) is 141 cm³/mol. The van der Waals surface area contributed by atoms with E-state index in [2.05, 4.69) is 86.3 Å². The Morgan fingerprint density at radius 3 is 2.35 bits per heavy atom. The van der Waals surface area contributed by atoms with Crippen molar-refractivity contribution in [3.8, 4) is 22.8 Å². The van der Waals surface area contributed by atoms with Crippen molar-refractivity contribution in [2.75, 3.05) is 0 Å². The first-order chi connectivity index (χ1) is 16.6. The molecule has 7 rings (SSSR count). The number of nitrogens with zero attached hydrogens (tertiary/aromatic N) is 1. The maximum atomic E-state index is 6.80. The number of ether oxygens (including phenoxy) is 1. The molecule has 0 amide bonds. The molecule has 0 radical (unpaired) electrons. The van der Waals surface area contributed by atoms with Crippen molar-refractivity contribution in [3.63, 3.8) is 0 Å². The fraction of sp³-hybridized carbons (Fsp3) is 0.281. The summed E-state index contributed by atoms with van der Waals surface area (Å²) in [5.41, 5.74) is 6.56. The van der Waals surface area contributed by atoms with E-state index in [-0.39, 0.29) is 0 Å². The first-order valence-corrected chi connectivity index (χ1v) is 12.7. The van der Waals surface area contributed by atoms with Crippen molar-refractivity contribution in [1.82, 2.24) is 0 Å². The van der Waals surface area contributed by atoms with Crippen LogP contribution in [0, 0.1) is 13.8 Å². The van der Waals surface area contributed by atoms with Gasteiger partial charge in [0.1, 0.15) is 18.5 Å². The molecule has 4 aromatic carbocycles. The third-order valence-corrected chi connectivity index (χ3v) is 8.43. The Morgan fingerprint density at radius 2 is 1.56 bits per heavy atom. The number of fused-ring (bicyclic) bond motifs is 5. The van der Waals surface area contributed by atoms with Crippen LogP contribution in [0.1, 0.15) is 54.7 Å². The van der Waals surface area contributed by atoms with Gasteiger partial charge in [-0.15, -0.1) is 0 Å². The van der Waals surface area contributed by atoms with Gasteiger partial charge in [0.25, 0.3) is 0 Å². The minimum atomic E-state index is 0.660. The summed E-state index contributed by atoms with van der Waals surface area (Å²) in [6, 6.07) is 20.2. The second-order valence-electron chi connectivity index (χ2n) is 10.3. The van der Waals surface area contributed by atoms with Crippen molar-refractivity contribution in [2.24, 2.45) is 7.05 Å². The number of aromatic nitrogens is 1. The Labute approximate surface area is 200 Å². The van der Waals surface area contributed by atoms with Crippen LogP contribution in [0.4, 0.5) is 0 Å². The maximum absolute atomic E-state index is 6.80. The average Bonchev–Trinajstić information content (AvgIpc) is 2.88. The van der Waals surface area contributed by atoms with Gasteiger partial charge < -0.3 is 4.74 Å². The lowest BCUT2D eigenvalue weighted by molar-refractivity contribution is -0.659. The molecule has 2 nitrogen and oxygen atoms in total. The zero-order valence-corrected chi connectivity index (χ0v) is 20.2. The molecule has 2 heterocycles. The fourth-order valence-electron chi connectivity index (χ4n) is 6.75. The molecule has 0 bridgehead atoms. The molecular weight excluding hydrogens is 414 g/mol. The lowest BCUT2D eigenvalue weighted by Crippen LogP contribution is -2.32. The average molecular weight is 445 g/mol. The summed E-state index contributed by atoms with van der Waals surface area (Å²) in [6.07, 6.45) is 8.93. The van der Waals surface area contributed by atoms with Gasteiger partial charge in [-0.25, -0.2) is 4.57 Å². The highest BCUT2D eigenvalue weighted by Gasteiger charge is 2.33. The van der Waals surface area contributed by atoms with Gasteiger partial charge in [-0.05, 0) is 71.3 Å². The topological polar surface area (TPSA) is 13.1 Å². The number of hydrogen-bond acceptors (Lipinski definition) is 1. The van der Waals surface area contributed by atoms with Crippen LogP contribution in [0.2, 0.25) is 0 Å². The van der Waals surface area contributed by atoms with Gasteiger partial charge in [0.2, 0.25) is 5.69 Å². The quantitative estimate of drug-likeness (QED) is 0.183. The van der Waals surface area contributed by atoms with Crippen LogP contribution in [0.15, 0.2) is 60.8 Å². The van der Waals surface area contributed by atoms with Gasteiger partial charge in [0.05, 0.1) is 10.9 Å². The normalized spacial score (nSPS) is 15.6. The highest BCUT2D eigenvalue weighted by atomic mass is 16.5.